The molecule has 35 heavy (non-hydrogen) atoms. The number of aromatic nitrogens is 1. The van der Waals surface area contributed by atoms with Crippen LogP contribution in [0.15, 0.2) is 18.3 Å². The number of carbonyl (C=O) groups is 2. The van der Waals surface area contributed by atoms with Crippen molar-refractivity contribution < 1.29 is 22.8 Å². The van der Waals surface area contributed by atoms with Crippen LogP contribution in [0.1, 0.15) is 51.5 Å². The van der Waals surface area contributed by atoms with E-state index in [1.807, 2.05) is 18.7 Å². The lowest BCUT2D eigenvalue weighted by molar-refractivity contribution is -0.149. The summed E-state index contributed by atoms with van der Waals surface area (Å²) < 4.78 is 38.5. The van der Waals surface area contributed by atoms with Gasteiger partial charge in [0.15, 0.2) is 0 Å². The van der Waals surface area contributed by atoms with Gasteiger partial charge in [-0.2, -0.15) is 13.2 Å². The summed E-state index contributed by atoms with van der Waals surface area (Å²) in [6.07, 6.45) is 1.02. The van der Waals surface area contributed by atoms with E-state index in [0.29, 0.717) is 49.8 Å². The summed E-state index contributed by atoms with van der Waals surface area (Å²) >= 11 is 0. The van der Waals surface area contributed by atoms with Gasteiger partial charge in [0.2, 0.25) is 11.8 Å². The molecule has 5 atom stereocenters. The molecule has 6 rings (SSSR count). The molecule has 5 fully saturated rings. The second-order valence-electron chi connectivity index (χ2n) is 11.5. The molecule has 1 aromatic rings. The molecule has 0 aromatic carbocycles. The van der Waals surface area contributed by atoms with Crippen molar-refractivity contribution in [1.82, 2.24) is 15.2 Å². The van der Waals surface area contributed by atoms with Crippen LogP contribution in [0.5, 0.6) is 0 Å². The average molecular weight is 494 g/mol. The van der Waals surface area contributed by atoms with Gasteiger partial charge >= 0.3 is 6.18 Å². The van der Waals surface area contributed by atoms with Gasteiger partial charge < -0.3 is 16.0 Å². The summed E-state index contributed by atoms with van der Waals surface area (Å²) in [4.78, 5) is 33.8. The molecular formula is C25H34F3N5O2. The second-order valence-corrected chi connectivity index (χ2v) is 11.5. The van der Waals surface area contributed by atoms with Crippen molar-refractivity contribution in [3.8, 4) is 0 Å². The summed E-state index contributed by atoms with van der Waals surface area (Å²) in [6, 6.07) is 2.55. The molecule has 4 bridgehead atoms. The summed E-state index contributed by atoms with van der Waals surface area (Å²) in [5.41, 5.74) is 3.93. The van der Waals surface area contributed by atoms with Crippen molar-refractivity contribution in [2.75, 3.05) is 31.1 Å². The van der Waals surface area contributed by atoms with Gasteiger partial charge in [-0.3, -0.25) is 14.5 Å². The number of nitrogens with two attached hydrogens (primary N) is 1. The van der Waals surface area contributed by atoms with Gasteiger partial charge in [-0.1, -0.05) is 0 Å². The predicted octanol–water partition coefficient (Wildman–Crippen LogP) is 2.80. The van der Waals surface area contributed by atoms with Crippen molar-refractivity contribution in [2.45, 2.75) is 63.7 Å². The van der Waals surface area contributed by atoms with E-state index in [4.69, 9.17) is 5.73 Å². The first kappa shape index (κ1) is 24.3. The van der Waals surface area contributed by atoms with Gasteiger partial charge in [0.1, 0.15) is 5.82 Å². The minimum absolute atomic E-state index is 0.01000. The van der Waals surface area contributed by atoms with E-state index in [1.165, 1.54) is 6.07 Å². The maximum absolute atomic E-state index is 13.5. The summed E-state index contributed by atoms with van der Waals surface area (Å²) in [5.74, 6) is 1.46. The van der Waals surface area contributed by atoms with E-state index in [2.05, 4.69) is 15.2 Å². The number of primary amides is 1. The number of anilines is 1. The highest BCUT2D eigenvalue weighted by Crippen LogP contribution is 2.60. The molecule has 1 aromatic heterocycles. The summed E-state index contributed by atoms with van der Waals surface area (Å²) in [7, 11) is 0. The van der Waals surface area contributed by atoms with Gasteiger partial charge in [-0.25, -0.2) is 4.98 Å². The van der Waals surface area contributed by atoms with E-state index in [-0.39, 0.29) is 23.3 Å². The fraction of sp³-hybridized carbons (Fsp3) is 0.720. The lowest BCUT2D eigenvalue weighted by Gasteiger charge is -2.59. The van der Waals surface area contributed by atoms with Crippen LogP contribution in [0.25, 0.3) is 0 Å². The molecule has 3 N–H and O–H groups in total. The molecule has 7 nitrogen and oxygen atoms in total. The molecule has 4 aliphatic carbocycles. The summed E-state index contributed by atoms with van der Waals surface area (Å²) in [6.45, 7) is 6.21. The van der Waals surface area contributed by atoms with Crippen molar-refractivity contribution in [3.05, 3.63) is 23.9 Å². The maximum Gasteiger partial charge on any atom is 0.417 e. The minimum Gasteiger partial charge on any atom is -0.369 e. The number of rotatable bonds is 5. The maximum atomic E-state index is 13.5. The highest BCUT2D eigenvalue weighted by molar-refractivity contribution is 5.86. The summed E-state index contributed by atoms with van der Waals surface area (Å²) in [5, 5.41) is 3.35. The molecule has 5 aliphatic rings. The quantitative estimate of drug-likeness (QED) is 0.658. The molecule has 10 heteroatoms. The zero-order valence-electron chi connectivity index (χ0n) is 20.3. The number of alkyl halides is 3. The molecule has 0 spiro atoms. The number of hydrogen-bond acceptors (Lipinski definition) is 5. The van der Waals surface area contributed by atoms with Crippen LogP contribution < -0.4 is 16.0 Å². The molecule has 1 saturated heterocycles. The topological polar surface area (TPSA) is 91.6 Å². The van der Waals surface area contributed by atoms with Crippen LogP contribution in [0.2, 0.25) is 0 Å². The number of amides is 2. The lowest BCUT2D eigenvalue weighted by Crippen LogP contribution is -2.66. The number of piperazine rings is 1. The zero-order valence-corrected chi connectivity index (χ0v) is 20.3. The van der Waals surface area contributed by atoms with Crippen LogP contribution in [-0.4, -0.2) is 59.5 Å². The Kier molecular flexibility index (Phi) is 5.81. The number of nitrogens with one attached hydrogen (secondary N) is 1. The lowest BCUT2D eigenvalue weighted by atomic mass is 9.47. The van der Waals surface area contributed by atoms with Gasteiger partial charge in [0, 0.05) is 43.8 Å². The molecule has 3 unspecified atom stereocenters. The van der Waals surface area contributed by atoms with Crippen molar-refractivity contribution >= 4 is 17.6 Å². The van der Waals surface area contributed by atoms with Gasteiger partial charge in [0.25, 0.3) is 0 Å². The third kappa shape index (κ3) is 4.27. The van der Waals surface area contributed by atoms with Gasteiger partial charge in [-0.05, 0) is 75.8 Å². The monoisotopic (exact) mass is 493 g/mol. The van der Waals surface area contributed by atoms with E-state index in [9.17, 15) is 22.8 Å². The first-order valence-electron chi connectivity index (χ1n) is 12.5. The van der Waals surface area contributed by atoms with Crippen LogP contribution in [0.4, 0.5) is 19.0 Å². The Morgan fingerprint density at radius 1 is 1.06 bits per heavy atom. The molecule has 192 valence electrons. The van der Waals surface area contributed by atoms with E-state index < -0.39 is 17.3 Å². The highest BCUT2D eigenvalue weighted by Gasteiger charge is 2.58. The molecule has 2 heterocycles. The van der Waals surface area contributed by atoms with Crippen molar-refractivity contribution in [3.63, 3.8) is 0 Å². The molecule has 0 radical (unpaired) electrons. The third-order valence-corrected chi connectivity index (χ3v) is 9.12. The Morgan fingerprint density at radius 2 is 1.69 bits per heavy atom. The fourth-order valence-electron chi connectivity index (χ4n) is 7.27. The van der Waals surface area contributed by atoms with E-state index >= 15 is 0 Å². The number of carbonyl (C=O) groups excluding carboxylic acids is 2. The average Bonchev–Trinajstić information content (AvgIpc) is 2.80. The smallest absolute Gasteiger partial charge is 0.369 e. The van der Waals surface area contributed by atoms with E-state index in [1.54, 1.807) is 0 Å². The van der Waals surface area contributed by atoms with Crippen LogP contribution in [-0.2, 0) is 15.8 Å². The fourth-order valence-corrected chi connectivity index (χ4v) is 7.27. The molecule has 1 aliphatic heterocycles. The molecule has 4 saturated carbocycles. The first-order chi connectivity index (χ1) is 16.4. The van der Waals surface area contributed by atoms with Crippen LogP contribution in [0, 0.1) is 23.2 Å². The Labute approximate surface area is 203 Å². The third-order valence-electron chi connectivity index (χ3n) is 9.12. The Bertz CT molecular complexity index is 972. The number of halogens is 3. The van der Waals surface area contributed by atoms with Crippen molar-refractivity contribution in [2.24, 2.45) is 28.9 Å². The van der Waals surface area contributed by atoms with E-state index in [0.717, 1.165) is 44.4 Å². The molecule has 2 amide bonds. The van der Waals surface area contributed by atoms with Crippen molar-refractivity contribution in [1.29, 1.82) is 0 Å². The number of nitrogens with zero attached hydrogens (tertiary/aromatic N) is 3. The number of hydrogen-bond donors (Lipinski definition) is 2. The van der Waals surface area contributed by atoms with Gasteiger partial charge in [-0.15, -0.1) is 0 Å². The largest absolute Gasteiger partial charge is 0.417 e. The standard InChI is InChI=1S/C25H34F3N5O2/c1-23(2,33-7-5-32(6-8-33)19-4-3-18(14-30-19)25(26,27)28)22(35)31-20-16-9-15-10-17(20)13-24(11-15,12-16)21(29)34/h3-4,14-17,20H,5-13H2,1-2H3,(H2,29,34)(H,31,35)/t15?,16-,17+,20?,24?. The Balaban J connectivity index is 1.19. The Morgan fingerprint density at radius 3 is 2.20 bits per heavy atom. The number of pyridine rings is 1. The zero-order chi connectivity index (χ0) is 25.2. The highest BCUT2D eigenvalue weighted by atomic mass is 19.4. The normalized spacial score (nSPS) is 33.1. The Hall–Kier alpha value is -2.36. The SMILES string of the molecule is CC(C)(C(=O)NC1[C@@H]2CC3C[C@H]1CC(C(N)=O)(C3)C2)N1CCN(c2ccc(C(F)(F)F)cn2)CC1. The van der Waals surface area contributed by atoms with Gasteiger partial charge in [0.05, 0.1) is 11.1 Å². The second kappa shape index (κ2) is 8.35. The minimum atomic E-state index is -4.40. The predicted molar refractivity (Wildman–Crippen MR) is 124 cm³/mol. The van der Waals surface area contributed by atoms with Crippen LogP contribution >= 0.6 is 0 Å². The van der Waals surface area contributed by atoms with Crippen LogP contribution in [0.3, 0.4) is 0 Å². The molecular weight excluding hydrogens is 459 g/mol. The first-order valence-corrected chi connectivity index (χ1v) is 12.5.